The lowest BCUT2D eigenvalue weighted by Gasteiger charge is -2.69. The summed E-state index contributed by atoms with van der Waals surface area (Å²) >= 11 is 0. The van der Waals surface area contributed by atoms with E-state index in [2.05, 4.69) is 13.8 Å². The zero-order valence-corrected chi connectivity index (χ0v) is 17.3. The number of carboxylic acids is 1. The lowest BCUT2D eigenvalue weighted by Crippen LogP contribution is -2.69. The highest BCUT2D eigenvalue weighted by Crippen LogP contribution is 2.73. The maximum Gasteiger partial charge on any atom is 0.339 e. The molecule has 5 atom stereocenters. The fourth-order valence-electron chi connectivity index (χ4n) is 6.71. The summed E-state index contributed by atoms with van der Waals surface area (Å²) in [5.74, 6) is -0.584. The van der Waals surface area contributed by atoms with Crippen LogP contribution in [0.3, 0.4) is 0 Å². The van der Waals surface area contributed by atoms with Crippen LogP contribution in [0.25, 0.3) is 0 Å². The van der Waals surface area contributed by atoms with Crippen LogP contribution in [-0.4, -0.2) is 27.6 Å². The van der Waals surface area contributed by atoms with Gasteiger partial charge in [-0.2, -0.15) is 0 Å². The van der Waals surface area contributed by atoms with E-state index in [1.165, 1.54) is 0 Å². The molecule has 1 aliphatic heterocycles. The third kappa shape index (κ3) is 2.37. The Hall–Kier alpha value is -2.04. The number of carbonyl (C=O) groups excluding carboxylic acids is 1. The van der Waals surface area contributed by atoms with E-state index in [1.54, 1.807) is 13.0 Å². The Morgan fingerprint density at radius 2 is 1.96 bits per heavy atom. The average molecular weight is 386 g/mol. The van der Waals surface area contributed by atoms with Gasteiger partial charge in [0, 0.05) is 29.7 Å². The molecular formula is C23H30O5. The van der Waals surface area contributed by atoms with E-state index in [0.29, 0.717) is 23.3 Å². The van der Waals surface area contributed by atoms with Crippen molar-refractivity contribution in [2.75, 3.05) is 0 Å². The molecule has 5 unspecified atom stereocenters. The molecule has 1 aromatic carbocycles. The van der Waals surface area contributed by atoms with Crippen LogP contribution in [0.2, 0.25) is 0 Å². The standard InChI is InChI=1S/C23H30O5/c1-11(2)9-13(24)18-17-16-14(10-12(3)15(19(16)25)21(26)27)28-23(5)8-6-7-22(18,4)20(17)23/h10-11,17-18,20,25H,6-9H2,1-5H3,(H,26,27). The molecule has 0 saturated heterocycles. The number of aromatic carboxylic acids is 1. The molecule has 3 aliphatic rings. The largest absolute Gasteiger partial charge is 0.507 e. The predicted octanol–water partition coefficient (Wildman–Crippen LogP) is 4.68. The number of fused-ring (bicyclic) bond motifs is 2. The van der Waals surface area contributed by atoms with Crippen molar-refractivity contribution in [2.24, 2.45) is 23.2 Å². The number of ketones is 1. The van der Waals surface area contributed by atoms with E-state index >= 15 is 0 Å². The Morgan fingerprint density at radius 3 is 2.57 bits per heavy atom. The van der Waals surface area contributed by atoms with E-state index in [0.717, 1.165) is 19.3 Å². The Morgan fingerprint density at radius 1 is 1.29 bits per heavy atom. The van der Waals surface area contributed by atoms with Crippen molar-refractivity contribution in [1.29, 1.82) is 0 Å². The van der Waals surface area contributed by atoms with Gasteiger partial charge in [0.25, 0.3) is 0 Å². The highest BCUT2D eigenvalue weighted by Gasteiger charge is 2.71. The number of rotatable bonds is 4. The fourth-order valence-corrected chi connectivity index (χ4v) is 6.71. The highest BCUT2D eigenvalue weighted by atomic mass is 16.5. The second-order valence-corrected chi connectivity index (χ2v) is 9.95. The van der Waals surface area contributed by atoms with Crippen molar-refractivity contribution >= 4 is 11.8 Å². The molecule has 152 valence electrons. The van der Waals surface area contributed by atoms with E-state index in [9.17, 15) is 19.8 Å². The van der Waals surface area contributed by atoms with Crippen molar-refractivity contribution < 1.29 is 24.5 Å². The van der Waals surface area contributed by atoms with Crippen LogP contribution < -0.4 is 4.74 Å². The molecule has 2 aliphatic carbocycles. The number of aromatic hydroxyl groups is 1. The number of carbonyl (C=O) groups is 2. The minimum atomic E-state index is -1.15. The predicted molar refractivity (Wildman–Crippen MR) is 105 cm³/mol. The Balaban J connectivity index is 1.91. The van der Waals surface area contributed by atoms with Crippen molar-refractivity contribution in [2.45, 2.75) is 71.8 Å². The van der Waals surface area contributed by atoms with Crippen LogP contribution >= 0.6 is 0 Å². The number of benzene rings is 1. The number of carboxylic acid groups (broad SMARTS) is 1. The molecule has 4 rings (SSSR count). The van der Waals surface area contributed by atoms with Crippen molar-refractivity contribution in [1.82, 2.24) is 0 Å². The first-order valence-corrected chi connectivity index (χ1v) is 10.3. The lowest BCUT2D eigenvalue weighted by atomic mass is 9.37. The summed E-state index contributed by atoms with van der Waals surface area (Å²) in [7, 11) is 0. The molecule has 1 aromatic rings. The number of Topliss-reactive ketones (excluding diaryl/α,β-unsaturated/α-hetero) is 1. The van der Waals surface area contributed by atoms with Gasteiger partial charge in [-0.15, -0.1) is 0 Å². The van der Waals surface area contributed by atoms with E-state index in [4.69, 9.17) is 4.74 Å². The highest BCUT2D eigenvalue weighted by molar-refractivity contribution is 5.94. The summed E-state index contributed by atoms with van der Waals surface area (Å²) in [6.07, 6.45) is 3.40. The number of hydrogen-bond acceptors (Lipinski definition) is 4. The van der Waals surface area contributed by atoms with Gasteiger partial charge in [-0.05, 0) is 56.1 Å². The third-order valence-corrected chi connectivity index (χ3v) is 7.53. The summed E-state index contributed by atoms with van der Waals surface area (Å²) < 4.78 is 6.43. The summed E-state index contributed by atoms with van der Waals surface area (Å²) in [4.78, 5) is 25.0. The van der Waals surface area contributed by atoms with Gasteiger partial charge in [-0.1, -0.05) is 20.8 Å². The minimum absolute atomic E-state index is 0.0783. The number of phenols is 1. The molecule has 0 spiro atoms. The second-order valence-electron chi connectivity index (χ2n) is 9.95. The van der Waals surface area contributed by atoms with Crippen LogP contribution in [0.4, 0.5) is 0 Å². The number of ether oxygens (including phenoxy) is 1. The molecule has 0 aromatic heterocycles. The minimum Gasteiger partial charge on any atom is -0.507 e. The van der Waals surface area contributed by atoms with Gasteiger partial charge in [-0.3, -0.25) is 4.79 Å². The topological polar surface area (TPSA) is 83.8 Å². The number of aryl methyl sites for hydroxylation is 1. The first-order chi connectivity index (χ1) is 13.0. The van der Waals surface area contributed by atoms with Crippen molar-refractivity contribution in [3.8, 4) is 11.5 Å². The van der Waals surface area contributed by atoms with Crippen molar-refractivity contribution in [3.05, 3.63) is 22.8 Å². The van der Waals surface area contributed by atoms with E-state index in [1.807, 2.05) is 13.8 Å². The lowest BCUT2D eigenvalue weighted by molar-refractivity contribution is -0.207. The molecule has 1 heterocycles. The first kappa shape index (κ1) is 19.3. The van der Waals surface area contributed by atoms with E-state index in [-0.39, 0.29) is 51.8 Å². The Bertz CT molecular complexity index is 872. The van der Waals surface area contributed by atoms with Crippen LogP contribution in [0, 0.1) is 30.1 Å². The van der Waals surface area contributed by atoms with Crippen LogP contribution in [0.15, 0.2) is 6.07 Å². The first-order valence-electron chi connectivity index (χ1n) is 10.3. The summed E-state index contributed by atoms with van der Waals surface area (Å²) in [6, 6.07) is 1.73. The van der Waals surface area contributed by atoms with E-state index < -0.39 is 5.97 Å². The summed E-state index contributed by atoms with van der Waals surface area (Å²) in [5, 5.41) is 20.6. The zero-order chi connectivity index (χ0) is 20.6. The molecular weight excluding hydrogens is 356 g/mol. The smallest absolute Gasteiger partial charge is 0.339 e. The van der Waals surface area contributed by atoms with Gasteiger partial charge in [-0.25, -0.2) is 4.79 Å². The van der Waals surface area contributed by atoms with Crippen LogP contribution in [-0.2, 0) is 4.79 Å². The summed E-state index contributed by atoms with van der Waals surface area (Å²) in [5.41, 5.74) is 0.386. The maximum absolute atomic E-state index is 13.3. The molecule has 28 heavy (non-hydrogen) atoms. The molecule has 2 fully saturated rings. The van der Waals surface area contributed by atoms with Gasteiger partial charge in [0.1, 0.15) is 28.4 Å². The Kier molecular flexibility index (Phi) is 4.12. The molecule has 2 saturated carbocycles. The van der Waals surface area contributed by atoms with Gasteiger partial charge < -0.3 is 14.9 Å². The molecule has 2 N–H and O–H groups in total. The van der Waals surface area contributed by atoms with Crippen LogP contribution in [0.1, 0.15) is 80.8 Å². The number of hydrogen-bond donors (Lipinski definition) is 2. The quantitative estimate of drug-likeness (QED) is 0.785. The molecule has 0 bridgehead atoms. The zero-order valence-electron chi connectivity index (χ0n) is 17.3. The molecule has 0 radical (unpaired) electrons. The van der Waals surface area contributed by atoms with Gasteiger partial charge in [0.15, 0.2) is 0 Å². The SMILES string of the molecule is Cc1cc2c(c(O)c1C(=O)O)C1C(C(=O)CC(C)C)C3(C)CCCC(C)(O2)C13. The monoisotopic (exact) mass is 386 g/mol. The third-order valence-electron chi connectivity index (χ3n) is 7.53. The normalized spacial score (nSPS) is 35.4. The van der Waals surface area contributed by atoms with Crippen molar-refractivity contribution in [3.63, 3.8) is 0 Å². The molecule has 5 nitrogen and oxygen atoms in total. The molecule has 5 heteroatoms. The fraction of sp³-hybridized carbons (Fsp3) is 0.652. The molecule has 0 amide bonds. The second kappa shape index (κ2) is 5.98. The van der Waals surface area contributed by atoms with Crippen LogP contribution in [0.5, 0.6) is 11.5 Å². The maximum atomic E-state index is 13.3. The Labute approximate surface area is 166 Å². The summed E-state index contributed by atoms with van der Waals surface area (Å²) in [6.45, 7) is 10.1. The van der Waals surface area contributed by atoms with Gasteiger partial charge in [0.05, 0.1) is 0 Å². The van der Waals surface area contributed by atoms with Gasteiger partial charge >= 0.3 is 5.97 Å². The van der Waals surface area contributed by atoms with Gasteiger partial charge in [0.2, 0.25) is 0 Å². The average Bonchev–Trinajstić information content (AvgIpc) is 2.51.